The van der Waals surface area contributed by atoms with E-state index in [9.17, 15) is 14.4 Å². The molecule has 3 N–H and O–H groups in total. The first-order valence-corrected chi connectivity index (χ1v) is 8.52. The van der Waals surface area contributed by atoms with Crippen LogP contribution in [0.2, 0.25) is 0 Å². The molecule has 3 aliphatic rings. The molecule has 6 heteroatoms. The van der Waals surface area contributed by atoms with Crippen LogP contribution in [0.1, 0.15) is 18.4 Å². The molecule has 2 saturated carbocycles. The van der Waals surface area contributed by atoms with Crippen LogP contribution in [-0.2, 0) is 20.8 Å². The number of imide groups is 1. The van der Waals surface area contributed by atoms with Gasteiger partial charge in [0.1, 0.15) is 6.54 Å². The Morgan fingerprint density at radius 2 is 1.67 bits per heavy atom. The number of nitrogen functional groups attached to an aromatic ring is 1. The van der Waals surface area contributed by atoms with Gasteiger partial charge in [0.25, 0.3) is 0 Å². The third-order valence-electron chi connectivity index (χ3n) is 5.81. The Kier molecular flexibility index (Phi) is 3.55. The summed E-state index contributed by atoms with van der Waals surface area (Å²) in [6.07, 6.45) is 2.78. The summed E-state index contributed by atoms with van der Waals surface area (Å²) in [7, 11) is 0. The molecule has 0 radical (unpaired) electrons. The highest BCUT2D eigenvalue weighted by Gasteiger charge is 2.67. The number of rotatable bonds is 5. The molecule has 1 aromatic rings. The van der Waals surface area contributed by atoms with Crippen molar-refractivity contribution in [3.05, 3.63) is 29.8 Å². The molecule has 2 aliphatic carbocycles. The van der Waals surface area contributed by atoms with Crippen LogP contribution in [-0.4, -0.2) is 35.7 Å². The molecule has 1 saturated heterocycles. The molecular weight excluding hydrogens is 306 g/mol. The Labute approximate surface area is 140 Å². The number of anilines is 1. The minimum absolute atomic E-state index is 0.139. The van der Waals surface area contributed by atoms with Gasteiger partial charge in [-0.3, -0.25) is 19.3 Å². The number of likely N-dealkylation sites (tertiary alicyclic amines) is 1. The van der Waals surface area contributed by atoms with Gasteiger partial charge in [-0.1, -0.05) is 12.1 Å². The van der Waals surface area contributed by atoms with E-state index in [1.165, 1.54) is 4.90 Å². The van der Waals surface area contributed by atoms with Crippen molar-refractivity contribution >= 4 is 23.4 Å². The van der Waals surface area contributed by atoms with E-state index in [1.807, 2.05) is 24.3 Å². The lowest BCUT2D eigenvalue weighted by molar-refractivity contribution is -0.149. The number of carbonyl (C=O) groups is 3. The van der Waals surface area contributed by atoms with Crippen LogP contribution in [0.3, 0.4) is 0 Å². The van der Waals surface area contributed by atoms with Gasteiger partial charge in [-0.2, -0.15) is 0 Å². The molecule has 6 nitrogen and oxygen atoms in total. The predicted molar refractivity (Wildman–Crippen MR) is 87.5 cm³/mol. The molecule has 1 heterocycles. The van der Waals surface area contributed by atoms with Crippen LogP contribution in [0.4, 0.5) is 5.69 Å². The van der Waals surface area contributed by atoms with Crippen molar-refractivity contribution in [3.63, 3.8) is 0 Å². The Morgan fingerprint density at radius 3 is 2.21 bits per heavy atom. The van der Waals surface area contributed by atoms with E-state index in [2.05, 4.69) is 5.32 Å². The highest BCUT2D eigenvalue weighted by atomic mass is 16.2. The molecule has 3 fully saturated rings. The molecule has 0 spiro atoms. The highest BCUT2D eigenvalue weighted by Crippen LogP contribution is 2.61. The average molecular weight is 327 g/mol. The summed E-state index contributed by atoms with van der Waals surface area (Å²) in [4.78, 5) is 37.9. The predicted octanol–water partition coefficient (Wildman–Crippen LogP) is 0.568. The van der Waals surface area contributed by atoms with Crippen LogP contribution < -0.4 is 11.1 Å². The largest absolute Gasteiger partial charge is 0.399 e. The maximum Gasteiger partial charge on any atom is 0.240 e. The molecule has 4 rings (SSSR count). The first-order chi connectivity index (χ1) is 11.6. The first kappa shape index (κ1) is 15.2. The third kappa shape index (κ3) is 2.28. The normalized spacial score (nSPS) is 30.2. The van der Waals surface area contributed by atoms with Crippen LogP contribution >= 0.6 is 0 Å². The van der Waals surface area contributed by atoms with Gasteiger partial charge >= 0.3 is 0 Å². The molecule has 4 atom stereocenters. The van der Waals surface area contributed by atoms with Crippen molar-refractivity contribution in [3.8, 4) is 0 Å². The first-order valence-electron chi connectivity index (χ1n) is 8.52. The Hall–Kier alpha value is -2.37. The van der Waals surface area contributed by atoms with Crippen LogP contribution in [0.15, 0.2) is 24.3 Å². The van der Waals surface area contributed by atoms with Gasteiger partial charge in [0.05, 0.1) is 11.8 Å². The summed E-state index contributed by atoms with van der Waals surface area (Å²) in [5, 5.41) is 2.79. The lowest BCUT2D eigenvalue weighted by atomic mass is 9.48. The fraction of sp³-hybridized carbons (Fsp3) is 0.500. The van der Waals surface area contributed by atoms with E-state index in [0.717, 1.165) is 18.4 Å². The van der Waals surface area contributed by atoms with Gasteiger partial charge < -0.3 is 11.1 Å². The number of amides is 3. The molecule has 24 heavy (non-hydrogen) atoms. The van der Waals surface area contributed by atoms with E-state index in [4.69, 9.17) is 5.73 Å². The zero-order valence-electron chi connectivity index (χ0n) is 13.4. The van der Waals surface area contributed by atoms with Gasteiger partial charge in [-0.05, 0) is 48.8 Å². The fourth-order valence-electron chi connectivity index (χ4n) is 4.36. The maximum atomic E-state index is 12.3. The molecule has 126 valence electrons. The van der Waals surface area contributed by atoms with Crippen molar-refractivity contribution in [1.29, 1.82) is 0 Å². The second-order valence-corrected chi connectivity index (χ2v) is 7.06. The van der Waals surface area contributed by atoms with E-state index in [-0.39, 0.29) is 36.1 Å². The van der Waals surface area contributed by atoms with Crippen molar-refractivity contribution in [2.75, 3.05) is 18.8 Å². The lowest BCUT2D eigenvalue weighted by Crippen LogP contribution is -2.54. The SMILES string of the molecule is Nc1ccc(CCNC(=O)CN2C(=O)[C@@H]3[C@H](C2=O)C2CC[C@@H]23)cc1. The van der Waals surface area contributed by atoms with Gasteiger partial charge in [-0.25, -0.2) is 0 Å². The van der Waals surface area contributed by atoms with E-state index in [0.29, 0.717) is 30.5 Å². The highest BCUT2D eigenvalue weighted by molar-refractivity contribution is 6.09. The Morgan fingerprint density at radius 1 is 1.08 bits per heavy atom. The van der Waals surface area contributed by atoms with Crippen LogP contribution in [0.5, 0.6) is 0 Å². The zero-order valence-corrected chi connectivity index (χ0v) is 13.4. The lowest BCUT2D eigenvalue weighted by Gasteiger charge is -2.53. The molecule has 3 amide bonds. The average Bonchev–Trinajstić information content (AvgIpc) is 2.73. The summed E-state index contributed by atoms with van der Waals surface area (Å²) in [6, 6.07) is 7.48. The number of benzene rings is 1. The number of nitrogens with two attached hydrogens (primary N) is 1. The maximum absolute atomic E-state index is 12.3. The van der Waals surface area contributed by atoms with E-state index >= 15 is 0 Å². The minimum atomic E-state index is -0.277. The topological polar surface area (TPSA) is 92.5 Å². The summed E-state index contributed by atoms with van der Waals surface area (Å²) < 4.78 is 0. The van der Waals surface area contributed by atoms with E-state index < -0.39 is 0 Å². The van der Waals surface area contributed by atoms with Crippen molar-refractivity contribution < 1.29 is 14.4 Å². The number of hydrogen-bond acceptors (Lipinski definition) is 4. The number of nitrogens with zero attached hydrogens (tertiary/aromatic N) is 1. The number of carbonyl (C=O) groups excluding carboxylic acids is 3. The number of fused-ring (bicyclic) bond motifs is 4. The smallest absolute Gasteiger partial charge is 0.240 e. The Bertz CT molecular complexity index is 672. The third-order valence-corrected chi connectivity index (χ3v) is 5.81. The second-order valence-electron chi connectivity index (χ2n) is 7.06. The monoisotopic (exact) mass is 327 g/mol. The van der Waals surface area contributed by atoms with Crippen molar-refractivity contribution in [1.82, 2.24) is 10.2 Å². The van der Waals surface area contributed by atoms with Gasteiger partial charge in [0.2, 0.25) is 17.7 Å². The molecule has 1 aliphatic heterocycles. The quantitative estimate of drug-likeness (QED) is 0.611. The van der Waals surface area contributed by atoms with Crippen LogP contribution in [0.25, 0.3) is 0 Å². The summed E-state index contributed by atoms with van der Waals surface area (Å²) >= 11 is 0. The van der Waals surface area contributed by atoms with Gasteiger partial charge in [0.15, 0.2) is 0 Å². The van der Waals surface area contributed by atoms with Gasteiger partial charge in [-0.15, -0.1) is 0 Å². The van der Waals surface area contributed by atoms with Crippen molar-refractivity contribution in [2.24, 2.45) is 23.7 Å². The minimum Gasteiger partial charge on any atom is -0.399 e. The molecular formula is C18H21N3O3. The second kappa shape index (κ2) is 5.61. The standard InChI is InChI=1S/C18H21N3O3/c19-11-3-1-10(2-4-11)7-8-20-14(22)9-21-17(23)15-12-5-6-13(12)16(15)18(21)24/h1-4,12-13,15-16H,5-9,19H2,(H,20,22)/t12-,13?,15-,16+/m0/s1. The Balaban J connectivity index is 1.28. The van der Waals surface area contributed by atoms with Crippen LogP contribution in [0, 0.1) is 23.7 Å². The summed E-state index contributed by atoms with van der Waals surface area (Å²) in [5.74, 6) is -0.0484. The fourth-order valence-corrected chi connectivity index (χ4v) is 4.36. The van der Waals surface area contributed by atoms with E-state index in [1.54, 1.807) is 0 Å². The van der Waals surface area contributed by atoms with Gasteiger partial charge in [0, 0.05) is 12.2 Å². The molecule has 1 unspecified atom stereocenters. The molecule has 1 aromatic carbocycles. The summed E-state index contributed by atoms with van der Waals surface area (Å²) in [5.41, 5.74) is 7.42. The molecule has 0 aromatic heterocycles. The number of nitrogens with one attached hydrogen (secondary N) is 1. The summed E-state index contributed by atoms with van der Waals surface area (Å²) in [6.45, 7) is 0.322. The van der Waals surface area contributed by atoms with Crippen molar-refractivity contribution in [2.45, 2.75) is 19.3 Å². The number of hydrogen-bond donors (Lipinski definition) is 2. The molecule has 0 bridgehead atoms. The zero-order chi connectivity index (χ0) is 16.8.